The van der Waals surface area contributed by atoms with E-state index in [1.54, 1.807) is 7.11 Å². The van der Waals surface area contributed by atoms with Gasteiger partial charge in [0.15, 0.2) is 5.11 Å². The van der Waals surface area contributed by atoms with Crippen molar-refractivity contribution >= 4 is 22.9 Å². The Kier molecular flexibility index (Phi) is 6.83. The Bertz CT molecular complexity index is 1230. The highest BCUT2D eigenvalue weighted by molar-refractivity contribution is 7.80. The number of benzene rings is 2. The highest BCUT2D eigenvalue weighted by atomic mass is 32.1. The van der Waals surface area contributed by atoms with E-state index < -0.39 is 0 Å². The van der Waals surface area contributed by atoms with Crippen LogP contribution in [0, 0.1) is 0 Å². The van der Waals surface area contributed by atoms with E-state index in [1.165, 1.54) is 5.56 Å². The van der Waals surface area contributed by atoms with Gasteiger partial charge in [0.1, 0.15) is 5.75 Å². The van der Waals surface area contributed by atoms with Crippen LogP contribution in [0.15, 0.2) is 58.8 Å². The summed E-state index contributed by atoms with van der Waals surface area (Å²) in [6, 6.07) is 16.0. The van der Waals surface area contributed by atoms with Crippen molar-refractivity contribution in [1.82, 2.24) is 20.4 Å². The van der Waals surface area contributed by atoms with E-state index in [4.69, 9.17) is 31.2 Å². The third-order valence-electron chi connectivity index (χ3n) is 6.71. The van der Waals surface area contributed by atoms with Crippen molar-refractivity contribution in [1.29, 1.82) is 0 Å². The molecule has 1 aromatic heterocycles. The number of rotatable bonds is 7. The molecule has 2 unspecified atom stereocenters. The average molecular weight is 491 g/mol. The van der Waals surface area contributed by atoms with Crippen molar-refractivity contribution in [2.45, 2.75) is 45.3 Å². The molecule has 35 heavy (non-hydrogen) atoms. The summed E-state index contributed by atoms with van der Waals surface area (Å²) in [4.78, 5) is 6.90. The first-order chi connectivity index (χ1) is 17.1. The maximum atomic E-state index is 5.90. The molecule has 2 atom stereocenters. The van der Waals surface area contributed by atoms with Gasteiger partial charge >= 0.3 is 0 Å². The molecule has 0 saturated carbocycles. The van der Waals surface area contributed by atoms with E-state index >= 15 is 0 Å². The largest absolute Gasteiger partial charge is 0.497 e. The van der Waals surface area contributed by atoms with E-state index in [0.717, 1.165) is 54.0 Å². The molecule has 1 N–H and O–H groups in total. The van der Waals surface area contributed by atoms with Crippen molar-refractivity contribution in [3.8, 4) is 17.1 Å². The minimum Gasteiger partial charge on any atom is -0.497 e. The molecule has 1 fully saturated rings. The topological polar surface area (TPSA) is 72.7 Å². The number of hydrogen-bond acceptors (Lipinski definition) is 6. The van der Waals surface area contributed by atoms with Crippen LogP contribution in [0.4, 0.5) is 0 Å². The van der Waals surface area contributed by atoms with Gasteiger partial charge in [-0.15, -0.1) is 0 Å². The monoisotopic (exact) mass is 490 g/mol. The number of thiocarbonyl (C=S) groups is 1. The maximum Gasteiger partial charge on any atom is 0.258 e. The molecular formula is C27H30N4O3S. The van der Waals surface area contributed by atoms with E-state index in [-0.39, 0.29) is 12.1 Å². The first kappa shape index (κ1) is 23.5. The zero-order valence-corrected chi connectivity index (χ0v) is 21.1. The van der Waals surface area contributed by atoms with Gasteiger partial charge in [0.25, 0.3) is 5.89 Å². The molecule has 0 amide bonds. The van der Waals surface area contributed by atoms with Gasteiger partial charge in [0.2, 0.25) is 5.82 Å². The average Bonchev–Trinajstić information content (AvgIpc) is 3.59. The molecule has 0 bridgehead atoms. The molecule has 0 aliphatic carbocycles. The van der Waals surface area contributed by atoms with Gasteiger partial charge in [0, 0.05) is 17.9 Å². The van der Waals surface area contributed by atoms with Crippen LogP contribution in [-0.4, -0.2) is 46.5 Å². The minimum absolute atomic E-state index is 0.154. The number of aromatic nitrogens is 2. The Labute approximate surface area is 211 Å². The lowest BCUT2D eigenvalue weighted by Crippen LogP contribution is -2.48. The number of methoxy groups -OCH3 is 1. The Hall–Kier alpha value is -3.23. The van der Waals surface area contributed by atoms with Crippen LogP contribution in [0.3, 0.4) is 0 Å². The first-order valence-corrected chi connectivity index (χ1v) is 12.5. The summed E-state index contributed by atoms with van der Waals surface area (Å²) in [6.07, 6.45) is 3.25. The number of nitrogens with zero attached hydrogens (tertiary/aromatic N) is 3. The van der Waals surface area contributed by atoms with Gasteiger partial charge in [-0.05, 0) is 61.7 Å². The minimum atomic E-state index is -0.201. The lowest BCUT2D eigenvalue weighted by Gasteiger charge is -2.38. The summed E-state index contributed by atoms with van der Waals surface area (Å²) in [5.41, 5.74) is 5.12. The number of allylic oxidation sites excluding steroid dienone is 1. The van der Waals surface area contributed by atoms with Crippen LogP contribution in [0.5, 0.6) is 5.75 Å². The zero-order valence-electron chi connectivity index (χ0n) is 20.3. The predicted molar refractivity (Wildman–Crippen MR) is 139 cm³/mol. The van der Waals surface area contributed by atoms with Gasteiger partial charge in [0.05, 0.1) is 31.4 Å². The van der Waals surface area contributed by atoms with Gasteiger partial charge in [-0.1, -0.05) is 48.5 Å². The molecule has 3 aromatic rings. The number of ether oxygens (including phenoxy) is 2. The summed E-state index contributed by atoms with van der Waals surface area (Å²) < 4.78 is 17.1. The fourth-order valence-corrected chi connectivity index (χ4v) is 5.01. The molecule has 0 spiro atoms. The predicted octanol–water partition coefficient (Wildman–Crippen LogP) is 5.15. The summed E-state index contributed by atoms with van der Waals surface area (Å²) in [6.45, 7) is 5.72. The Balaban J connectivity index is 1.56. The van der Waals surface area contributed by atoms with Crippen LogP contribution >= 0.6 is 12.2 Å². The molecule has 0 radical (unpaired) electrons. The standard InChI is InChI=1S/C27H30N4O3S/c1-4-18-10-12-19(13-11-18)24-23(17(2)31(27(35)28-24)16-22-9-6-14-33-22)26-29-25(30-34-26)20-7-5-8-21(15-20)32-3/h5,7-8,10-13,15,22,24H,4,6,9,14,16H2,1-3H3,(H,28,35). The van der Waals surface area contributed by atoms with E-state index in [1.807, 2.05) is 24.3 Å². The number of hydrogen-bond donors (Lipinski definition) is 1. The maximum absolute atomic E-state index is 5.90. The lowest BCUT2D eigenvalue weighted by atomic mass is 9.93. The van der Waals surface area contributed by atoms with Crippen LogP contribution < -0.4 is 10.1 Å². The summed E-state index contributed by atoms with van der Waals surface area (Å²) in [5, 5.41) is 8.51. The second-order valence-corrected chi connectivity index (χ2v) is 9.26. The highest BCUT2D eigenvalue weighted by Gasteiger charge is 2.35. The van der Waals surface area contributed by atoms with Gasteiger partial charge in [-0.3, -0.25) is 0 Å². The molecule has 1 saturated heterocycles. The Morgan fingerprint density at radius 1 is 1.20 bits per heavy atom. The van der Waals surface area contributed by atoms with E-state index in [0.29, 0.717) is 23.4 Å². The molecule has 2 aliphatic heterocycles. The lowest BCUT2D eigenvalue weighted by molar-refractivity contribution is 0.0962. The second kappa shape index (κ2) is 10.2. The van der Waals surface area contributed by atoms with Crippen LogP contribution in [0.25, 0.3) is 17.0 Å². The quantitative estimate of drug-likeness (QED) is 0.456. The molecule has 3 heterocycles. The van der Waals surface area contributed by atoms with Gasteiger partial charge < -0.3 is 24.2 Å². The summed E-state index contributed by atoms with van der Waals surface area (Å²) in [7, 11) is 1.64. The first-order valence-electron chi connectivity index (χ1n) is 12.0. The van der Waals surface area contributed by atoms with Crippen molar-refractivity contribution in [2.75, 3.05) is 20.3 Å². The third-order valence-corrected chi connectivity index (χ3v) is 7.05. The van der Waals surface area contributed by atoms with Crippen molar-refractivity contribution in [3.05, 3.63) is 71.2 Å². The van der Waals surface area contributed by atoms with E-state index in [2.05, 4.69) is 53.5 Å². The number of aryl methyl sites for hydroxylation is 1. The Morgan fingerprint density at radius 3 is 2.74 bits per heavy atom. The fraction of sp³-hybridized carbons (Fsp3) is 0.370. The van der Waals surface area contributed by atoms with Crippen molar-refractivity contribution in [2.24, 2.45) is 0 Å². The van der Waals surface area contributed by atoms with Crippen LogP contribution in [0.2, 0.25) is 0 Å². The van der Waals surface area contributed by atoms with Gasteiger partial charge in [-0.2, -0.15) is 4.98 Å². The molecule has 182 valence electrons. The SMILES string of the molecule is CCc1ccc(C2NC(=S)N(CC3CCCO3)C(C)=C2c2nc(-c3cccc(OC)c3)no2)cc1. The second-order valence-electron chi connectivity index (χ2n) is 8.88. The normalized spacial score (nSPS) is 20.3. The molecule has 2 aromatic carbocycles. The molecule has 2 aliphatic rings. The highest BCUT2D eigenvalue weighted by Crippen LogP contribution is 2.38. The Morgan fingerprint density at radius 2 is 2.03 bits per heavy atom. The van der Waals surface area contributed by atoms with Crippen LogP contribution in [0.1, 0.15) is 49.7 Å². The third kappa shape index (κ3) is 4.81. The molecule has 7 nitrogen and oxygen atoms in total. The summed E-state index contributed by atoms with van der Waals surface area (Å²) >= 11 is 5.82. The van der Waals surface area contributed by atoms with E-state index in [9.17, 15) is 0 Å². The van der Waals surface area contributed by atoms with Crippen molar-refractivity contribution in [3.63, 3.8) is 0 Å². The number of nitrogens with one attached hydrogen (secondary N) is 1. The summed E-state index contributed by atoms with van der Waals surface area (Å²) in [5.74, 6) is 1.72. The molecule has 8 heteroatoms. The zero-order chi connectivity index (χ0) is 24.4. The molecule has 5 rings (SSSR count). The fourth-order valence-electron chi connectivity index (χ4n) is 4.68. The van der Waals surface area contributed by atoms with Crippen molar-refractivity contribution < 1.29 is 14.0 Å². The smallest absolute Gasteiger partial charge is 0.258 e. The van der Waals surface area contributed by atoms with Crippen LogP contribution in [-0.2, 0) is 11.2 Å². The van der Waals surface area contributed by atoms with Gasteiger partial charge in [-0.25, -0.2) is 0 Å². The molecular weight excluding hydrogens is 460 g/mol.